The van der Waals surface area contributed by atoms with Crippen LogP contribution in [-0.2, 0) is 6.42 Å². The van der Waals surface area contributed by atoms with Crippen molar-refractivity contribution in [1.82, 2.24) is 9.97 Å². The minimum atomic E-state index is 0.563. The number of ether oxygens (including phenoxy) is 2. The molecule has 0 bridgehead atoms. The molecule has 4 nitrogen and oxygen atoms in total. The van der Waals surface area contributed by atoms with Crippen LogP contribution in [0.1, 0.15) is 16.7 Å². The summed E-state index contributed by atoms with van der Waals surface area (Å²) >= 11 is 5.50. The SMILES string of the molecule is COc1cccc2c1Oc1[nH]c(-c3ccc(C)cc3)nc(=S)c1C2. The van der Waals surface area contributed by atoms with Crippen LogP contribution < -0.4 is 9.47 Å². The van der Waals surface area contributed by atoms with Crippen molar-refractivity contribution < 1.29 is 9.47 Å². The molecule has 2 aromatic carbocycles. The third-order valence-electron chi connectivity index (χ3n) is 4.15. The fraction of sp³-hybridized carbons (Fsp3) is 0.158. The number of aromatic amines is 1. The first-order valence-electron chi connectivity index (χ1n) is 7.69. The Morgan fingerprint density at radius 3 is 2.71 bits per heavy atom. The Morgan fingerprint density at radius 2 is 1.96 bits per heavy atom. The van der Waals surface area contributed by atoms with Crippen LogP contribution >= 0.6 is 12.2 Å². The molecule has 0 radical (unpaired) electrons. The largest absolute Gasteiger partial charge is 0.493 e. The molecule has 120 valence electrons. The molecular weight excluding hydrogens is 320 g/mol. The molecule has 1 aromatic heterocycles. The van der Waals surface area contributed by atoms with E-state index in [0.29, 0.717) is 28.5 Å². The minimum Gasteiger partial charge on any atom is -0.493 e. The molecule has 0 aliphatic carbocycles. The van der Waals surface area contributed by atoms with Gasteiger partial charge in [-0.15, -0.1) is 0 Å². The predicted molar refractivity (Wildman–Crippen MR) is 95.5 cm³/mol. The smallest absolute Gasteiger partial charge is 0.205 e. The molecular formula is C19H16N2O2S. The molecule has 0 amide bonds. The summed E-state index contributed by atoms with van der Waals surface area (Å²) in [7, 11) is 1.64. The fourth-order valence-corrected chi connectivity index (χ4v) is 3.09. The van der Waals surface area contributed by atoms with Crippen molar-refractivity contribution in [2.45, 2.75) is 13.3 Å². The van der Waals surface area contributed by atoms with Crippen LogP contribution in [0, 0.1) is 11.6 Å². The van der Waals surface area contributed by atoms with Gasteiger partial charge in [0.05, 0.1) is 12.7 Å². The van der Waals surface area contributed by atoms with Crippen molar-refractivity contribution in [3.05, 3.63) is 63.8 Å². The maximum atomic E-state index is 6.08. The van der Waals surface area contributed by atoms with Crippen LogP contribution in [0.3, 0.4) is 0 Å². The number of para-hydroxylation sites is 1. The van der Waals surface area contributed by atoms with Crippen molar-refractivity contribution in [2.24, 2.45) is 0 Å². The molecule has 0 unspecified atom stereocenters. The summed E-state index contributed by atoms with van der Waals surface area (Å²) in [5, 5.41) is 0. The van der Waals surface area contributed by atoms with Gasteiger partial charge in [0.25, 0.3) is 0 Å². The van der Waals surface area contributed by atoms with Gasteiger partial charge in [0.15, 0.2) is 11.5 Å². The van der Waals surface area contributed by atoms with Crippen LogP contribution in [0.5, 0.6) is 17.4 Å². The molecule has 0 spiro atoms. The number of nitrogens with zero attached hydrogens (tertiary/aromatic N) is 1. The number of fused-ring (bicyclic) bond motifs is 2. The molecule has 1 aliphatic heterocycles. The van der Waals surface area contributed by atoms with E-state index < -0.39 is 0 Å². The van der Waals surface area contributed by atoms with Crippen LogP contribution in [-0.4, -0.2) is 17.1 Å². The maximum absolute atomic E-state index is 6.08. The third-order valence-corrected chi connectivity index (χ3v) is 4.49. The monoisotopic (exact) mass is 336 g/mol. The first-order chi connectivity index (χ1) is 11.7. The lowest BCUT2D eigenvalue weighted by atomic mass is 10.0. The van der Waals surface area contributed by atoms with E-state index in [1.165, 1.54) is 5.56 Å². The Morgan fingerprint density at radius 1 is 1.17 bits per heavy atom. The van der Waals surface area contributed by atoms with E-state index in [9.17, 15) is 0 Å². The molecule has 5 heteroatoms. The first-order valence-corrected chi connectivity index (χ1v) is 8.10. The number of aryl methyl sites for hydroxylation is 1. The lowest BCUT2D eigenvalue weighted by Crippen LogP contribution is -2.08. The molecule has 1 aliphatic rings. The summed E-state index contributed by atoms with van der Waals surface area (Å²) in [6.07, 6.45) is 0.679. The molecule has 3 aromatic rings. The van der Waals surface area contributed by atoms with Gasteiger partial charge in [0, 0.05) is 17.5 Å². The second-order valence-electron chi connectivity index (χ2n) is 5.79. The number of nitrogens with one attached hydrogen (secondary N) is 1. The van der Waals surface area contributed by atoms with Gasteiger partial charge in [-0.1, -0.05) is 54.2 Å². The Kier molecular flexibility index (Phi) is 3.58. The highest BCUT2D eigenvalue weighted by Gasteiger charge is 2.23. The van der Waals surface area contributed by atoms with Crippen LogP contribution in [0.25, 0.3) is 11.4 Å². The maximum Gasteiger partial charge on any atom is 0.205 e. The lowest BCUT2D eigenvalue weighted by molar-refractivity contribution is 0.365. The van der Waals surface area contributed by atoms with Gasteiger partial charge >= 0.3 is 0 Å². The van der Waals surface area contributed by atoms with Crippen molar-refractivity contribution >= 4 is 12.2 Å². The van der Waals surface area contributed by atoms with E-state index in [-0.39, 0.29) is 0 Å². The second kappa shape index (κ2) is 5.76. The first kappa shape index (κ1) is 14.9. The van der Waals surface area contributed by atoms with Crippen molar-refractivity contribution in [3.63, 3.8) is 0 Å². The van der Waals surface area contributed by atoms with Crippen LogP contribution in [0.15, 0.2) is 42.5 Å². The number of rotatable bonds is 2. The molecule has 4 rings (SSSR count). The lowest BCUT2D eigenvalue weighted by Gasteiger charge is -2.22. The normalized spacial score (nSPS) is 12.1. The zero-order valence-electron chi connectivity index (χ0n) is 13.4. The number of hydrogen-bond acceptors (Lipinski definition) is 4. The van der Waals surface area contributed by atoms with Gasteiger partial charge in [-0.25, -0.2) is 4.98 Å². The molecule has 0 fully saturated rings. The van der Waals surface area contributed by atoms with Crippen molar-refractivity contribution in [2.75, 3.05) is 7.11 Å². The second-order valence-corrected chi connectivity index (χ2v) is 6.18. The Labute approximate surface area is 145 Å². The van der Waals surface area contributed by atoms with Crippen molar-refractivity contribution in [3.8, 4) is 28.8 Å². The number of H-pyrrole nitrogens is 1. The van der Waals surface area contributed by atoms with E-state index in [1.807, 2.05) is 42.5 Å². The van der Waals surface area contributed by atoms with Crippen molar-refractivity contribution in [1.29, 1.82) is 0 Å². The highest BCUT2D eigenvalue weighted by atomic mass is 32.1. The standard InChI is InChI=1S/C19H16N2O2S/c1-11-6-8-12(9-7-11)17-20-18-14(19(24)21-17)10-13-4-3-5-15(22-2)16(13)23-18/h3-9H,10H2,1-2H3,(H,20,21,24). The van der Waals surface area contributed by atoms with Gasteiger partial charge in [-0.3, -0.25) is 0 Å². The molecule has 24 heavy (non-hydrogen) atoms. The highest BCUT2D eigenvalue weighted by Crippen LogP contribution is 2.41. The average Bonchev–Trinajstić information content (AvgIpc) is 2.60. The topological polar surface area (TPSA) is 47.1 Å². The summed E-state index contributed by atoms with van der Waals surface area (Å²) < 4.78 is 12.0. The van der Waals surface area contributed by atoms with E-state index in [4.69, 9.17) is 21.7 Å². The quantitative estimate of drug-likeness (QED) is 0.533. The van der Waals surface area contributed by atoms with E-state index >= 15 is 0 Å². The van der Waals surface area contributed by atoms with Gasteiger partial charge < -0.3 is 14.5 Å². The fourth-order valence-electron chi connectivity index (χ4n) is 2.84. The molecule has 0 atom stereocenters. The Bertz CT molecular complexity index is 978. The predicted octanol–water partition coefficient (Wildman–Crippen LogP) is 4.82. The van der Waals surface area contributed by atoms with Gasteiger partial charge in [0.1, 0.15) is 10.5 Å². The van der Waals surface area contributed by atoms with Crippen LogP contribution in [0.2, 0.25) is 0 Å². The summed E-state index contributed by atoms with van der Waals surface area (Å²) in [4.78, 5) is 7.83. The minimum absolute atomic E-state index is 0.563. The van der Waals surface area contributed by atoms with E-state index in [1.54, 1.807) is 7.11 Å². The zero-order chi connectivity index (χ0) is 16.7. The van der Waals surface area contributed by atoms with Gasteiger partial charge in [-0.05, 0) is 13.0 Å². The molecule has 0 saturated heterocycles. The summed E-state index contributed by atoms with van der Waals surface area (Å²) in [6, 6.07) is 14.0. The molecule has 1 N–H and O–H groups in total. The Balaban J connectivity index is 1.82. The highest BCUT2D eigenvalue weighted by molar-refractivity contribution is 7.71. The molecule has 0 saturated carbocycles. The number of methoxy groups -OCH3 is 1. The summed E-state index contributed by atoms with van der Waals surface area (Å²) in [5.41, 5.74) is 4.13. The van der Waals surface area contributed by atoms with E-state index in [2.05, 4.69) is 16.9 Å². The van der Waals surface area contributed by atoms with E-state index in [0.717, 1.165) is 22.4 Å². The van der Waals surface area contributed by atoms with Gasteiger partial charge in [0.2, 0.25) is 5.88 Å². The van der Waals surface area contributed by atoms with Crippen LogP contribution in [0.4, 0.5) is 0 Å². The number of hydrogen-bond donors (Lipinski definition) is 1. The third kappa shape index (κ3) is 2.47. The Hall–Kier alpha value is -2.66. The zero-order valence-corrected chi connectivity index (χ0v) is 14.2. The summed E-state index contributed by atoms with van der Waals surface area (Å²) in [6.45, 7) is 2.05. The molecule has 2 heterocycles. The summed E-state index contributed by atoms with van der Waals surface area (Å²) in [5.74, 6) is 2.80. The number of benzene rings is 2. The van der Waals surface area contributed by atoms with Gasteiger partial charge in [-0.2, -0.15) is 0 Å². The number of aromatic nitrogens is 2. The average molecular weight is 336 g/mol.